The minimum absolute atomic E-state index is 0.0724. The summed E-state index contributed by atoms with van der Waals surface area (Å²) in [6.07, 6.45) is 5.36. The van der Waals surface area contributed by atoms with E-state index in [1.54, 1.807) is 0 Å². The van der Waals surface area contributed by atoms with Gasteiger partial charge in [0.25, 0.3) is 5.69 Å². The molecule has 0 radical (unpaired) electrons. The monoisotopic (exact) mass is 425 g/mol. The molecule has 9 nitrogen and oxygen atoms in total. The molecule has 0 atom stereocenters. The molecule has 1 saturated heterocycles. The van der Waals surface area contributed by atoms with E-state index in [9.17, 15) is 18.5 Å². The van der Waals surface area contributed by atoms with Gasteiger partial charge < -0.3 is 10.2 Å². The highest BCUT2D eigenvalue weighted by Gasteiger charge is 2.24. The SMILES string of the molecule is CN1CCN(CCNS(=O)(=O)c2ccc(NC3CCCCC3)c([N+](=O)[O-])c2)CC1. The molecule has 1 aromatic carbocycles. The van der Waals surface area contributed by atoms with Crippen LogP contribution in [0.5, 0.6) is 0 Å². The number of nitro groups is 1. The minimum Gasteiger partial charge on any atom is -0.377 e. The van der Waals surface area contributed by atoms with Crippen LogP contribution in [0.25, 0.3) is 0 Å². The lowest BCUT2D eigenvalue weighted by Gasteiger charge is -2.32. The molecule has 3 rings (SSSR count). The van der Waals surface area contributed by atoms with E-state index in [2.05, 4.69) is 26.9 Å². The van der Waals surface area contributed by atoms with Gasteiger partial charge in [0.05, 0.1) is 9.82 Å². The zero-order valence-electron chi connectivity index (χ0n) is 17.0. The average molecular weight is 426 g/mol. The molecule has 29 heavy (non-hydrogen) atoms. The lowest BCUT2D eigenvalue weighted by Crippen LogP contribution is -2.46. The number of rotatable bonds is 8. The molecule has 1 aliphatic heterocycles. The Morgan fingerprint density at radius 1 is 1.14 bits per heavy atom. The number of nitrogens with zero attached hydrogens (tertiary/aromatic N) is 3. The summed E-state index contributed by atoms with van der Waals surface area (Å²) in [5.41, 5.74) is 0.191. The van der Waals surface area contributed by atoms with Crippen molar-refractivity contribution in [2.75, 3.05) is 51.6 Å². The van der Waals surface area contributed by atoms with E-state index in [-0.39, 0.29) is 23.2 Å². The highest BCUT2D eigenvalue weighted by molar-refractivity contribution is 7.89. The maximum Gasteiger partial charge on any atom is 0.293 e. The Bertz CT molecular complexity index is 803. The van der Waals surface area contributed by atoms with Crippen LogP contribution in [0.3, 0.4) is 0 Å². The third-order valence-corrected chi connectivity index (χ3v) is 7.22. The fourth-order valence-electron chi connectivity index (χ4n) is 3.91. The summed E-state index contributed by atoms with van der Waals surface area (Å²) in [4.78, 5) is 15.4. The van der Waals surface area contributed by atoms with E-state index >= 15 is 0 Å². The van der Waals surface area contributed by atoms with Crippen LogP contribution in [0.2, 0.25) is 0 Å². The van der Waals surface area contributed by atoms with Gasteiger partial charge in [-0.3, -0.25) is 15.0 Å². The van der Waals surface area contributed by atoms with Crippen LogP contribution in [0.1, 0.15) is 32.1 Å². The Balaban J connectivity index is 1.63. The number of sulfonamides is 1. The van der Waals surface area contributed by atoms with Crippen LogP contribution in [0, 0.1) is 10.1 Å². The molecule has 0 spiro atoms. The number of nitrogens with one attached hydrogen (secondary N) is 2. The van der Waals surface area contributed by atoms with Gasteiger partial charge in [-0.2, -0.15) is 0 Å². The molecule has 2 fully saturated rings. The third-order valence-electron chi connectivity index (χ3n) is 5.76. The first-order valence-electron chi connectivity index (χ1n) is 10.3. The molecule has 162 valence electrons. The molecule has 0 unspecified atom stereocenters. The zero-order chi connectivity index (χ0) is 20.9. The minimum atomic E-state index is -3.80. The van der Waals surface area contributed by atoms with E-state index in [0.29, 0.717) is 12.2 Å². The first-order valence-corrected chi connectivity index (χ1v) is 11.8. The van der Waals surface area contributed by atoms with Crippen molar-refractivity contribution in [3.8, 4) is 0 Å². The highest BCUT2D eigenvalue weighted by atomic mass is 32.2. The van der Waals surface area contributed by atoms with Crippen LogP contribution in [0.4, 0.5) is 11.4 Å². The van der Waals surface area contributed by atoms with Gasteiger partial charge in [-0.1, -0.05) is 19.3 Å². The van der Waals surface area contributed by atoms with Gasteiger partial charge in [0.15, 0.2) is 0 Å². The summed E-state index contributed by atoms with van der Waals surface area (Å²) in [6, 6.07) is 4.31. The molecular weight excluding hydrogens is 394 g/mol. The molecule has 0 bridgehead atoms. The van der Waals surface area contributed by atoms with Crippen molar-refractivity contribution in [3.05, 3.63) is 28.3 Å². The van der Waals surface area contributed by atoms with E-state index in [4.69, 9.17) is 0 Å². The molecule has 2 aliphatic rings. The Kier molecular flexibility index (Phi) is 7.44. The Labute approximate surface area is 172 Å². The topological polar surface area (TPSA) is 108 Å². The summed E-state index contributed by atoms with van der Waals surface area (Å²) < 4.78 is 27.8. The number of hydrogen-bond acceptors (Lipinski definition) is 7. The zero-order valence-corrected chi connectivity index (χ0v) is 17.8. The molecular formula is C19H31N5O4S. The smallest absolute Gasteiger partial charge is 0.293 e. The number of anilines is 1. The van der Waals surface area contributed by atoms with Gasteiger partial charge in [-0.15, -0.1) is 0 Å². The molecule has 10 heteroatoms. The predicted octanol–water partition coefficient (Wildman–Crippen LogP) is 1.87. The number of benzene rings is 1. The Morgan fingerprint density at radius 3 is 2.48 bits per heavy atom. The first kappa shape index (κ1) is 21.9. The third kappa shape index (κ3) is 6.11. The molecule has 1 aliphatic carbocycles. The largest absolute Gasteiger partial charge is 0.377 e. The Morgan fingerprint density at radius 2 is 1.83 bits per heavy atom. The van der Waals surface area contributed by atoms with Crippen LogP contribution in [-0.2, 0) is 10.0 Å². The lowest BCUT2D eigenvalue weighted by molar-refractivity contribution is -0.384. The van der Waals surface area contributed by atoms with Crippen molar-refractivity contribution in [3.63, 3.8) is 0 Å². The summed E-state index contributed by atoms with van der Waals surface area (Å²) in [5.74, 6) is 0. The molecule has 1 saturated carbocycles. The predicted molar refractivity (Wildman–Crippen MR) is 113 cm³/mol. The second-order valence-electron chi connectivity index (χ2n) is 7.96. The first-order chi connectivity index (χ1) is 13.8. The summed E-state index contributed by atoms with van der Waals surface area (Å²) in [6.45, 7) is 4.65. The molecule has 2 N–H and O–H groups in total. The van der Waals surface area contributed by atoms with Crippen molar-refractivity contribution in [2.45, 2.75) is 43.0 Å². The van der Waals surface area contributed by atoms with E-state index < -0.39 is 14.9 Å². The quantitative estimate of drug-likeness (QED) is 0.483. The molecule has 1 aromatic rings. The normalized spacial score (nSPS) is 19.9. The summed E-state index contributed by atoms with van der Waals surface area (Å²) in [5, 5.41) is 14.8. The van der Waals surface area contributed by atoms with Gasteiger partial charge in [-0.25, -0.2) is 13.1 Å². The highest BCUT2D eigenvalue weighted by Crippen LogP contribution is 2.30. The van der Waals surface area contributed by atoms with Gasteiger partial charge in [0.1, 0.15) is 5.69 Å². The van der Waals surface area contributed by atoms with Crippen LogP contribution in [-0.4, -0.2) is 75.5 Å². The molecule has 1 heterocycles. The fourth-order valence-corrected chi connectivity index (χ4v) is 4.95. The maximum absolute atomic E-state index is 12.6. The lowest BCUT2D eigenvalue weighted by atomic mass is 9.95. The van der Waals surface area contributed by atoms with Gasteiger partial charge in [-0.05, 0) is 32.0 Å². The standard InChI is InChI=1S/C19H31N5O4S/c1-22-11-13-23(14-12-22)10-9-20-29(27,28)17-7-8-18(19(15-17)24(25)26)21-16-5-3-2-4-6-16/h7-8,15-16,20-21H,2-6,9-14H2,1H3. The second kappa shape index (κ2) is 9.84. The van der Waals surface area contributed by atoms with Crippen molar-refractivity contribution in [2.24, 2.45) is 0 Å². The molecule has 0 amide bonds. The van der Waals surface area contributed by atoms with Crippen molar-refractivity contribution < 1.29 is 13.3 Å². The average Bonchev–Trinajstić information content (AvgIpc) is 2.70. The van der Waals surface area contributed by atoms with Crippen LogP contribution in [0.15, 0.2) is 23.1 Å². The number of likely N-dealkylation sites (N-methyl/N-ethyl adjacent to an activating group) is 1. The van der Waals surface area contributed by atoms with Crippen molar-refractivity contribution >= 4 is 21.4 Å². The van der Waals surface area contributed by atoms with Crippen molar-refractivity contribution in [1.82, 2.24) is 14.5 Å². The van der Waals surface area contributed by atoms with Crippen LogP contribution >= 0.6 is 0 Å². The Hall–Kier alpha value is -1.75. The van der Waals surface area contributed by atoms with Crippen molar-refractivity contribution in [1.29, 1.82) is 0 Å². The van der Waals surface area contributed by atoms with E-state index in [1.165, 1.54) is 18.6 Å². The second-order valence-corrected chi connectivity index (χ2v) is 9.72. The van der Waals surface area contributed by atoms with E-state index in [1.807, 2.05) is 0 Å². The van der Waals surface area contributed by atoms with E-state index in [0.717, 1.165) is 57.9 Å². The number of hydrogen-bond donors (Lipinski definition) is 2. The van der Waals surface area contributed by atoms with Gasteiger partial charge in [0, 0.05) is 51.4 Å². The number of nitro benzene ring substituents is 1. The summed E-state index contributed by atoms with van der Waals surface area (Å²) in [7, 11) is -1.73. The van der Waals surface area contributed by atoms with Gasteiger partial charge >= 0.3 is 0 Å². The molecule has 0 aromatic heterocycles. The summed E-state index contributed by atoms with van der Waals surface area (Å²) >= 11 is 0. The number of piperazine rings is 1. The maximum atomic E-state index is 12.6. The van der Waals surface area contributed by atoms with Crippen LogP contribution < -0.4 is 10.0 Å². The van der Waals surface area contributed by atoms with Gasteiger partial charge in [0.2, 0.25) is 10.0 Å². The fraction of sp³-hybridized carbons (Fsp3) is 0.684.